The molecule has 0 atom stereocenters. The van der Waals surface area contributed by atoms with Gasteiger partial charge in [-0.15, -0.1) is 0 Å². The van der Waals surface area contributed by atoms with E-state index in [4.69, 9.17) is 0 Å². The van der Waals surface area contributed by atoms with Crippen molar-refractivity contribution in [3.8, 4) is 0 Å². The van der Waals surface area contributed by atoms with Crippen LogP contribution in [0.1, 0.15) is 22.5 Å². The molecule has 120 valence electrons. The first-order valence-corrected chi connectivity index (χ1v) is 6.81. The number of rotatable bonds is 3. The standard InChI is InChI=1S/C16H12F4N2O/c17-12-4-1-10(2-5-12)7-13-14(9-23)22-8-11(16(18,19)20)3-6-15(22)21-13/h1-6,8,23H,7,9H2. The summed E-state index contributed by atoms with van der Waals surface area (Å²) in [5.41, 5.74) is 0.999. The summed E-state index contributed by atoms with van der Waals surface area (Å²) in [5.74, 6) is -0.374. The van der Waals surface area contributed by atoms with Crippen LogP contribution >= 0.6 is 0 Å². The Labute approximate surface area is 128 Å². The summed E-state index contributed by atoms with van der Waals surface area (Å²) in [7, 11) is 0. The Bertz CT molecular complexity index is 838. The number of halogens is 4. The second kappa shape index (κ2) is 5.66. The number of hydrogen-bond donors (Lipinski definition) is 1. The molecule has 0 saturated heterocycles. The number of aromatic nitrogens is 2. The molecule has 0 amide bonds. The molecule has 3 nitrogen and oxygen atoms in total. The van der Waals surface area contributed by atoms with Crippen molar-refractivity contribution in [3.05, 3.63) is 70.9 Å². The predicted octanol–water partition coefficient (Wildman–Crippen LogP) is 3.58. The Morgan fingerprint density at radius 1 is 1.04 bits per heavy atom. The normalized spacial score (nSPS) is 12.0. The fourth-order valence-corrected chi connectivity index (χ4v) is 2.41. The molecule has 23 heavy (non-hydrogen) atoms. The number of nitrogens with zero attached hydrogens (tertiary/aromatic N) is 2. The molecule has 0 bridgehead atoms. The van der Waals surface area contributed by atoms with E-state index in [0.717, 1.165) is 17.8 Å². The van der Waals surface area contributed by atoms with E-state index in [0.29, 0.717) is 17.8 Å². The Kier molecular flexibility index (Phi) is 3.81. The highest BCUT2D eigenvalue weighted by molar-refractivity contribution is 5.46. The minimum absolute atomic E-state index is 0.287. The van der Waals surface area contributed by atoms with Crippen LogP contribution in [-0.2, 0) is 19.2 Å². The Morgan fingerprint density at radius 2 is 1.74 bits per heavy atom. The fourth-order valence-electron chi connectivity index (χ4n) is 2.41. The van der Waals surface area contributed by atoms with Crippen LogP contribution in [0, 0.1) is 5.82 Å². The van der Waals surface area contributed by atoms with Gasteiger partial charge in [-0.05, 0) is 29.8 Å². The summed E-state index contributed by atoms with van der Waals surface area (Å²) >= 11 is 0. The first-order valence-electron chi connectivity index (χ1n) is 6.81. The zero-order chi connectivity index (χ0) is 16.6. The molecule has 0 saturated carbocycles. The van der Waals surface area contributed by atoms with Crippen LogP contribution in [0.15, 0.2) is 42.6 Å². The zero-order valence-corrected chi connectivity index (χ0v) is 11.8. The van der Waals surface area contributed by atoms with Gasteiger partial charge in [0.2, 0.25) is 0 Å². The Hall–Kier alpha value is -2.41. The van der Waals surface area contributed by atoms with Gasteiger partial charge in [-0.2, -0.15) is 13.2 Å². The summed E-state index contributed by atoms with van der Waals surface area (Å²) < 4.78 is 52.6. The third-order valence-corrected chi connectivity index (χ3v) is 3.56. The predicted molar refractivity (Wildman–Crippen MR) is 75.3 cm³/mol. The maximum Gasteiger partial charge on any atom is 0.417 e. The Balaban J connectivity index is 2.05. The molecular formula is C16H12F4N2O. The highest BCUT2D eigenvalue weighted by atomic mass is 19.4. The molecule has 0 aliphatic rings. The monoisotopic (exact) mass is 324 g/mol. The van der Waals surface area contributed by atoms with Gasteiger partial charge in [0.1, 0.15) is 11.5 Å². The topological polar surface area (TPSA) is 37.5 Å². The molecule has 2 aromatic heterocycles. The number of aliphatic hydroxyl groups is 1. The molecule has 7 heteroatoms. The zero-order valence-electron chi connectivity index (χ0n) is 11.8. The summed E-state index contributed by atoms with van der Waals surface area (Å²) in [6.07, 6.45) is -3.26. The molecule has 3 aromatic rings. The molecule has 0 spiro atoms. The van der Waals surface area contributed by atoms with Crippen LogP contribution in [-0.4, -0.2) is 14.5 Å². The molecule has 1 aromatic carbocycles. The van der Waals surface area contributed by atoms with Crippen molar-refractivity contribution >= 4 is 5.65 Å². The van der Waals surface area contributed by atoms with Crippen LogP contribution in [0.2, 0.25) is 0 Å². The van der Waals surface area contributed by atoms with Crippen LogP contribution in [0.25, 0.3) is 5.65 Å². The third-order valence-electron chi connectivity index (χ3n) is 3.56. The second-order valence-electron chi connectivity index (χ2n) is 5.11. The largest absolute Gasteiger partial charge is 0.417 e. The highest BCUT2D eigenvalue weighted by Crippen LogP contribution is 2.30. The molecule has 0 aliphatic carbocycles. The molecule has 2 heterocycles. The van der Waals surface area contributed by atoms with Crippen LogP contribution in [0.4, 0.5) is 17.6 Å². The molecule has 1 N–H and O–H groups in total. The maximum absolute atomic E-state index is 12.9. The average Bonchev–Trinajstić information content (AvgIpc) is 2.84. The van der Waals surface area contributed by atoms with Crippen LogP contribution in [0.3, 0.4) is 0 Å². The highest BCUT2D eigenvalue weighted by Gasteiger charge is 2.31. The number of hydrogen-bond acceptors (Lipinski definition) is 2. The van der Waals surface area contributed by atoms with Gasteiger partial charge in [0.05, 0.1) is 23.6 Å². The van der Waals surface area contributed by atoms with E-state index in [9.17, 15) is 22.7 Å². The van der Waals surface area contributed by atoms with Gasteiger partial charge in [-0.25, -0.2) is 9.37 Å². The molecule has 0 aliphatic heterocycles. The average molecular weight is 324 g/mol. The summed E-state index contributed by atoms with van der Waals surface area (Å²) in [5, 5.41) is 9.52. The summed E-state index contributed by atoms with van der Waals surface area (Å²) in [6, 6.07) is 7.95. The van der Waals surface area contributed by atoms with Crippen molar-refractivity contribution in [2.45, 2.75) is 19.2 Å². The molecule has 0 fully saturated rings. The van der Waals surface area contributed by atoms with Crippen molar-refractivity contribution in [2.75, 3.05) is 0 Å². The van der Waals surface area contributed by atoms with Gasteiger partial charge < -0.3 is 9.51 Å². The number of fused-ring (bicyclic) bond motifs is 1. The van der Waals surface area contributed by atoms with Crippen molar-refractivity contribution in [2.24, 2.45) is 0 Å². The smallest absolute Gasteiger partial charge is 0.390 e. The van der Waals surface area contributed by atoms with Gasteiger partial charge in [0, 0.05) is 12.6 Å². The number of imidazole rings is 1. The first-order chi connectivity index (χ1) is 10.9. The fraction of sp³-hybridized carbons (Fsp3) is 0.188. The SMILES string of the molecule is OCc1c(Cc2ccc(F)cc2)nc2ccc(C(F)(F)F)cn12. The van der Waals surface area contributed by atoms with Crippen molar-refractivity contribution in [1.82, 2.24) is 9.38 Å². The lowest BCUT2D eigenvalue weighted by Gasteiger charge is -2.08. The lowest BCUT2D eigenvalue weighted by molar-refractivity contribution is -0.137. The number of benzene rings is 1. The van der Waals surface area contributed by atoms with E-state index in [2.05, 4.69) is 4.98 Å². The van der Waals surface area contributed by atoms with E-state index in [1.807, 2.05) is 0 Å². The quantitative estimate of drug-likeness (QED) is 0.748. The molecule has 0 radical (unpaired) electrons. The van der Waals surface area contributed by atoms with E-state index in [1.165, 1.54) is 22.6 Å². The Morgan fingerprint density at radius 3 is 2.35 bits per heavy atom. The minimum atomic E-state index is -4.47. The minimum Gasteiger partial charge on any atom is -0.390 e. The van der Waals surface area contributed by atoms with Gasteiger partial charge in [0.25, 0.3) is 0 Å². The third kappa shape index (κ3) is 3.05. The van der Waals surface area contributed by atoms with E-state index >= 15 is 0 Å². The number of pyridine rings is 1. The van der Waals surface area contributed by atoms with Crippen molar-refractivity contribution in [1.29, 1.82) is 0 Å². The van der Waals surface area contributed by atoms with Gasteiger partial charge >= 0.3 is 6.18 Å². The maximum atomic E-state index is 12.9. The van der Waals surface area contributed by atoms with Crippen molar-refractivity contribution < 1.29 is 22.7 Å². The van der Waals surface area contributed by atoms with Gasteiger partial charge in [0.15, 0.2) is 0 Å². The van der Waals surface area contributed by atoms with Gasteiger partial charge in [-0.3, -0.25) is 0 Å². The lowest BCUT2D eigenvalue weighted by atomic mass is 10.1. The van der Waals surface area contributed by atoms with E-state index < -0.39 is 18.3 Å². The lowest BCUT2D eigenvalue weighted by Crippen LogP contribution is -2.07. The second-order valence-corrected chi connectivity index (χ2v) is 5.11. The number of alkyl halides is 3. The molecule has 0 unspecified atom stereocenters. The molecule has 3 rings (SSSR count). The summed E-state index contributed by atoms with van der Waals surface area (Å²) in [6.45, 7) is -0.445. The summed E-state index contributed by atoms with van der Waals surface area (Å²) in [4.78, 5) is 4.27. The van der Waals surface area contributed by atoms with E-state index in [-0.39, 0.29) is 11.5 Å². The molecular weight excluding hydrogens is 312 g/mol. The first kappa shape index (κ1) is 15.5. The van der Waals surface area contributed by atoms with Crippen LogP contribution < -0.4 is 0 Å². The number of aliphatic hydroxyl groups excluding tert-OH is 1. The van der Waals surface area contributed by atoms with Gasteiger partial charge in [-0.1, -0.05) is 12.1 Å². The van der Waals surface area contributed by atoms with E-state index in [1.54, 1.807) is 12.1 Å². The van der Waals surface area contributed by atoms with Crippen LogP contribution in [0.5, 0.6) is 0 Å². The van der Waals surface area contributed by atoms with Crippen molar-refractivity contribution in [3.63, 3.8) is 0 Å².